The Morgan fingerprint density at radius 2 is 2.15 bits per heavy atom. The number of nitrogens with zero attached hydrogens (tertiary/aromatic N) is 2. The van der Waals surface area contributed by atoms with Gasteiger partial charge < -0.3 is 19.9 Å². The molecule has 136 valence electrons. The van der Waals surface area contributed by atoms with E-state index in [1.165, 1.54) is 13.8 Å². The van der Waals surface area contributed by atoms with Crippen molar-refractivity contribution in [3.8, 4) is 17.4 Å². The van der Waals surface area contributed by atoms with Crippen molar-refractivity contribution in [3.05, 3.63) is 46.1 Å². The van der Waals surface area contributed by atoms with Crippen LogP contribution in [0.5, 0.6) is 17.4 Å². The fourth-order valence-corrected chi connectivity index (χ4v) is 3.36. The molecule has 2 aliphatic rings. The van der Waals surface area contributed by atoms with Gasteiger partial charge in [0.1, 0.15) is 30.4 Å². The maximum atomic E-state index is 13.8. The Kier molecular flexibility index (Phi) is 3.83. The summed E-state index contributed by atoms with van der Waals surface area (Å²) in [6.07, 6.45) is 1.65. The molecule has 2 N–H and O–H groups in total. The molecule has 26 heavy (non-hydrogen) atoms. The molecule has 0 aliphatic carbocycles. The van der Waals surface area contributed by atoms with Crippen LogP contribution in [0.4, 0.5) is 4.39 Å². The number of rotatable bonds is 3. The fraction of sp³-hybridized carbons (Fsp3) is 0.333. The van der Waals surface area contributed by atoms with Crippen LogP contribution >= 0.6 is 15.9 Å². The van der Waals surface area contributed by atoms with E-state index in [4.69, 9.17) is 19.9 Å². The van der Waals surface area contributed by atoms with Gasteiger partial charge in [0.2, 0.25) is 5.88 Å². The zero-order chi connectivity index (χ0) is 18.5. The Morgan fingerprint density at radius 3 is 2.85 bits per heavy atom. The Morgan fingerprint density at radius 1 is 1.35 bits per heavy atom. The van der Waals surface area contributed by atoms with Gasteiger partial charge in [-0.2, -0.15) is 0 Å². The van der Waals surface area contributed by atoms with E-state index in [9.17, 15) is 4.39 Å². The molecular weight excluding hydrogens is 405 g/mol. The Bertz CT molecular complexity index is 913. The van der Waals surface area contributed by atoms with Crippen molar-refractivity contribution in [2.45, 2.75) is 25.1 Å². The third kappa shape index (κ3) is 2.88. The number of amidine groups is 1. The normalized spacial score (nSPS) is 20.7. The second-order valence-electron chi connectivity index (χ2n) is 6.87. The van der Waals surface area contributed by atoms with Gasteiger partial charge in [0.25, 0.3) is 6.02 Å². The Hall–Kier alpha value is -2.35. The van der Waals surface area contributed by atoms with E-state index in [1.807, 2.05) is 6.07 Å². The van der Waals surface area contributed by atoms with Gasteiger partial charge in [-0.05, 0) is 54.0 Å². The van der Waals surface area contributed by atoms with Crippen molar-refractivity contribution in [2.24, 2.45) is 10.7 Å². The molecule has 0 saturated heterocycles. The van der Waals surface area contributed by atoms with E-state index < -0.39 is 11.2 Å². The number of hydrogen-bond donors (Lipinski definition) is 1. The lowest BCUT2D eigenvalue weighted by molar-refractivity contribution is 0.120. The third-order valence-electron chi connectivity index (χ3n) is 4.18. The zero-order valence-electron chi connectivity index (χ0n) is 14.3. The van der Waals surface area contributed by atoms with Crippen molar-refractivity contribution in [1.29, 1.82) is 0 Å². The smallest absolute Gasteiger partial charge is 0.283 e. The molecule has 1 atom stereocenters. The summed E-state index contributed by atoms with van der Waals surface area (Å²) in [7, 11) is 0. The van der Waals surface area contributed by atoms with Gasteiger partial charge in [-0.15, -0.1) is 0 Å². The molecule has 3 heterocycles. The molecule has 0 saturated carbocycles. The lowest BCUT2D eigenvalue weighted by Gasteiger charge is -2.32. The second kappa shape index (κ2) is 5.84. The summed E-state index contributed by atoms with van der Waals surface area (Å²) < 4.78 is 31.6. The van der Waals surface area contributed by atoms with Crippen molar-refractivity contribution in [2.75, 3.05) is 13.2 Å². The number of nitrogens with two attached hydrogens (primary N) is 1. The predicted molar refractivity (Wildman–Crippen MR) is 97.5 cm³/mol. The lowest BCUT2D eigenvalue weighted by atomic mass is 9.82. The zero-order valence-corrected chi connectivity index (χ0v) is 15.8. The van der Waals surface area contributed by atoms with E-state index in [0.717, 1.165) is 15.6 Å². The van der Waals surface area contributed by atoms with Crippen LogP contribution in [0.2, 0.25) is 0 Å². The largest absolute Gasteiger partial charge is 0.490 e. The highest BCUT2D eigenvalue weighted by Crippen LogP contribution is 2.51. The fourth-order valence-electron chi connectivity index (χ4n) is 3.03. The molecule has 0 amide bonds. The van der Waals surface area contributed by atoms with E-state index >= 15 is 0 Å². The van der Waals surface area contributed by atoms with Crippen LogP contribution in [0, 0.1) is 0 Å². The van der Waals surface area contributed by atoms with Crippen LogP contribution in [-0.2, 0) is 10.3 Å². The lowest BCUT2D eigenvalue weighted by Crippen LogP contribution is -2.31. The van der Waals surface area contributed by atoms with Crippen LogP contribution in [0.3, 0.4) is 0 Å². The molecule has 1 spiro atoms. The third-order valence-corrected chi connectivity index (χ3v) is 4.61. The highest BCUT2D eigenvalue weighted by Gasteiger charge is 2.48. The number of pyridine rings is 1. The second-order valence-corrected chi connectivity index (χ2v) is 7.79. The molecule has 0 fully saturated rings. The van der Waals surface area contributed by atoms with Crippen LogP contribution in [0.25, 0.3) is 0 Å². The van der Waals surface area contributed by atoms with Gasteiger partial charge in [-0.1, -0.05) is 0 Å². The maximum Gasteiger partial charge on any atom is 0.283 e. The van der Waals surface area contributed by atoms with Gasteiger partial charge in [0, 0.05) is 16.2 Å². The first-order valence-electron chi connectivity index (χ1n) is 8.05. The molecule has 8 heteroatoms. The topological polar surface area (TPSA) is 79.0 Å². The van der Waals surface area contributed by atoms with E-state index in [2.05, 4.69) is 25.9 Å². The van der Waals surface area contributed by atoms with E-state index in [1.54, 1.807) is 24.4 Å². The summed E-state index contributed by atoms with van der Waals surface area (Å²) in [5.74, 6) is 1.55. The highest BCUT2D eigenvalue weighted by molar-refractivity contribution is 9.10. The summed E-state index contributed by atoms with van der Waals surface area (Å²) in [4.78, 5) is 8.89. The first-order valence-corrected chi connectivity index (χ1v) is 8.84. The number of benzene rings is 1. The minimum atomic E-state index is -1.44. The van der Waals surface area contributed by atoms with Crippen LogP contribution in [0.15, 0.2) is 39.9 Å². The average molecular weight is 422 g/mol. The van der Waals surface area contributed by atoms with Crippen molar-refractivity contribution in [3.63, 3.8) is 0 Å². The van der Waals surface area contributed by atoms with Crippen LogP contribution in [-0.4, -0.2) is 29.9 Å². The summed E-state index contributed by atoms with van der Waals surface area (Å²) in [5, 5.41) is 0. The summed E-state index contributed by atoms with van der Waals surface area (Å²) >= 11 is 3.43. The van der Waals surface area contributed by atoms with E-state index in [0.29, 0.717) is 17.4 Å². The number of ether oxygens (including phenoxy) is 3. The number of hydrogen-bond acceptors (Lipinski definition) is 6. The number of alkyl halides is 1. The van der Waals surface area contributed by atoms with Crippen LogP contribution < -0.4 is 15.2 Å². The van der Waals surface area contributed by atoms with Gasteiger partial charge in [0.05, 0.1) is 5.56 Å². The first kappa shape index (κ1) is 17.1. The Labute approximate surface area is 158 Å². The minimum Gasteiger partial charge on any atom is -0.490 e. The molecule has 2 aliphatic heterocycles. The average Bonchev–Trinajstić information content (AvgIpc) is 2.96. The van der Waals surface area contributed by atoms with Crippen molar-refractivity contribution < 1.29 is 18.6 Å². The minimum absolute atomic E-state index is 0.0642. The van der Waals surface area contributed by atoms with Crippen molar-refractivity contribution >= 4 is 22.0 Å². The summed E-state index contributed by atoms with van der Waals surface area (Å²) in [6.45, 7) is 3.08. The van der Waals surface area contributed by atoms with Gasteiger partial charge in [-0.3, -0.25) is 0 Å². The standard InChI is InChI=1S/C18H17BrFN3O3/c1-17(2,20)8-24-11-3-4-14-12(6-11)18(9-25-16(21)23-18)13-5-10(19)7-22-15(13)26-14/h3-7H,8-9H2,1-2H3,(H2,21,23)/t18-/m1/s1. The molecule has 0 radical (unpaired) electrons. The molecule has 6 nitrogen and oxygen atoms in total. The number of aliphatic imine (C=N–C) groups is 1. The van der Waals surface area contributed by atoms with E-state index in [-0.39, 0.29) is 19.2 Å². The predicted octanol–water partition coefficient (Wildman–Crippen LogP) is 3.67. The quantitative estimate of drug-likeness (QED) is 0.817. The SMILES string of the molecule is CC(C)(F)COc1ccc2c(c1)[C@]1(COC(N)=N1)c1cc(Br)cnc1O2. The Balaban J connectivity index is 1.83. The first-order chi connectivity index (χ1) is 12.3. The molecule has 2 aromatic rings. The van der Waals surface area contributed by atoms with Gasteiger partial charge in [0.15, 0.2) is 5.54 Å². The molecule has 0 unspecified atom stereocenters. The number of aromatic nitrogens is 1. The number of fused-ring (bicyclic) bond motifs is 4. The molecule has 1 aromatic carbocycles. The summed E-state index contributed by atoms with van der Waals surface area (Å²) in [6, 6.07) is 7.25. The van der Waals surface area contributed by atoms with Crippen molar-refractivity contribution in [1.82, 2.24) is 4.98 Å². The molecule has 4 rings (SSSR count). The van der Waals surface area contributed by atoms with Gasteiger partial charge in [-0.25, -0.2) is 14.4 Å². The highest BCUT2D eigenvalue weighted by atomic mass is 79.9. The number of halogens is 2. The summed E-state index contributed by atoms with van der Waals surface area (Å²) in [5.41, 5.74) is 4.97. The molecular formula is C18H17BrFN3O3. The monoisotopic (exact) mass is 421 g/mol. The molecule has 0 bridgehead atoms. The maximum absolute atomic E-state index is 13.8. The van der Waals surface area contributed by atoms with Crippen LogP contribution in [0.1, 0.15) is 25.0 Å². The molecule has 1 aromatic heterocycles. The van der Waals surface area contributed by atoms with Gasteiger partial charge >= 0.3 is 0 Å².